The summed E-state index contributed by atoms with van der Waals surface area (Å²) in [6, 6.07) is 1.71. The van der Waals surface area contributed by atoms with E-state index < -0.39 is 11.9 Å². The maximum Gasteiger partial charge on any atom is 0.339 e. The first-order valence-corrected chi connectivity index (χ1v) is 8.95. The van der Waals surface area contributed by atoms with Crippen LogP contribution in [-0.2, 0) is 24.0 Å². The zero-order valence-electron chi connectivity index (χ0n) is 15.6. The first-order valence-electron chi connectivity index (χ1n) is 8.95. The molecule has 0 bridgehead atoms. The van der Waals surface area contributed by atoms with Crippen molar-refractivity contribution in [2.45, 2.75) is 66.7 Å². The molecule has 0 atom stereocenters. The van der Waals surface area contributed by atoms with E-state index >= 15 is 0 Å². The van der Waals surface area contributed by atoms with Crippen molar-refractivity contribution in [1.82, 2.24) is 0 Å². The van der Waals surface area contributed by atoms with Crippen molar-refractivity contribution in [2.75, 3.05) is 6.61 Å². The van der Waals surface area contributed by atoms with E-state index in [4.69, 9.17) is 4.74 Å². The second-order valence-electron chi connectivity index (χ2n) is 6.43. The fourth-order valence-corrected chi connectivity index (χ4v) is 3.17. The highest BCUT2D eigenvalue weighted by Crippen LogP contribution is 2.28. The Hall–Kier alpha value is -1.84. The Balaban J connectivity index is 3.49. The summed E-state index contributed by atoms with van der Waals surface area (Å²) in [5.74, 6) is -1.02. The molecule has 0 aromatic heterocycles. The third-order valence-electron chi connectivity index (χ3n) is 4.29. The number of hydrogen-bond acceptors (Lipinski definition) is 3. The van der Waals surface area contributed by atoms with E-state index in [1.54, 1.807) is 13.0 Å². The van der Waals surface area contributed by atoms with Gasteiger partial charge in [0.05, 0.1) is 17.7 Å². The fourth-order valence-electron chi connectivity index (χ4n) is 3.17. The summed E-state index contributed by atoms with van der Waals surface area (Å²) < 4.78 is 5.09. The Morgan fingerprint density at radius 2 is 1.79 bits per heavy atom. The van der Waals surface area contributed by atoms with E-state index in [2.05, 4.69) is 13.8 Å². The Morgan fingerprint density at radius 3 is 2.25 bits per heavy atom. The molecule has 0 fully saturated rings. The quantitative estimate of drug-likeness (QED) is 0.667. The van der Waals surface area contributed by atoms with Crippen molar-refractivity contribution >= 4 is 11.9 Å². The first-order chi connectivity index (χ1) is 11.4. The van der Waals surface area contributed by atoms with Crippen LogP contribution in [0.4, 0.5) is 0 Å². The van der Waals surface area contributed by atoms with Crippen LogP contribution in [0.5, 0.6) is 0 Å². The van der Waals surface area contributed by atoms with Gasteiger partial charge in [-0.15, -0.1) is 0 Å². The lowest BCUT2D eigenvalue weighted by Gasteiger charge is -2.19. The molecule has 4 heteroatoms. The van der Waals surface area contributed by atoms with Gasteiger partial charge >= 0.3 is 11.9 Å². The number of carbonyl (C=O) groups is 2. The summed E-state index contributed by atoms with van der Waals surface area (Å²) in [7, 11) is 0. The lowest BCUT2D eigenvalue weighted by atomic mass is 9.86. The Morgan fingerprint density at radius 1 is 1.12 bits per heavy atom. The van der Waals surface area contributed by atoms with Gasteiger partial charge in [0.1, 0.15) is 0 Å². The number of aromatic carboxylic acids is 1. The van der Waals surface area contributed by atoms with Crippen molar-refractivity contribution in [3.63, 3.8) is 0 Å². The van der Waals surface area contributed by atoms with E-state index in [1.165, 1.54) is 0 Å². The van der Waals surface area contributed by atoms with Gasteiger partial charge in [0.15, 0.2) is 0 Å². The van der Waals surface area contributed by atoms with Crippen LogP contribution in [0, 0.1) is 5.92 Å². The van der Waals surface area contributed by atoms with Crippen molar-refractivity contribution in [3.05, 3.63) is 33.9 Å². The van der Waals surface area contributed by atoms with Gasteiger partial charge in [-0.2, -0.15) is 0 Å². The second kappa shape index (κ2) is 9.45. The molecule has 0 saturated heterocycles. The number of ether oxygens (including phenoxy) is 1. The number of esters is 1. The molecule has 134 valence electrons. The molecule has 4 nitrogen and oxygen atoms in total. The lowest BCUT2D eigenvalue weighted by Crippen LogP contribution is -2.18. The molecular weight excluding hydrogens is 304 g/mol. The summed E-state index contributed by atoms with van der Waals surface area (Å²) >= 11 is 0. The molecular formula is C20H30O4. The Kier molecular flexibility index (Phi) is 7.96. The van der Waals surface area contributed by atoms with Gasteiger partial charge in [-0.25, -0.2) is 9.59 Å². The van der Waals surface area contributed by atoms with E-state index in [1.807, 2.05) is 13.8 Å². The summed E-state index contributed by atoms with van der Waals surface area (Å²) in [5, 5.41) is 9.75. The number of benzene rings is 1. The molecule has 0 spiro atoms. The number of aryl methyl sites for hydroxylation is 1. The number of rotatable bonds is 9. The van der Waals surface area contributed by atoms with Crippen LogP contribution in [0.2, 0.25) is 0 Å². The molecule has 1 N–H and O–H groups in total. The molecule has 0 radical (unpaired) electrons. The predicted molar refractivity (Wildman–Crippen MR) is 95.9 cm³/mol. The predicted octanol–water partition coefficient (Wildman–Crippen LogP) is 4.67. The summed E-state index contributed by atoms with van der Waals surface area (Å²) in [4.78, 5) is 24.2. The highest BCUT2D eigenvalue weighted by molar-refractivity contribution is 6.04. The Labute approximate surface area is 145 Å². The molecule has 1 aromatic rings. The standard InChI is InChI=1S/C20H30O4/c1-6-14-12-17(20(23)24-8-3)18(19(21)22)16(15(14)7-2)11-9-10-13(4)5/h12-13H,6-11H2,1-5H3,(H,21,22). The van der Waals surface area contributed by atoms with Crippen LogP contribution in [0.25, 0.3) is 0 Å². The molecule has 1 aromatic carbocycles. The van der Waals surface area contributed by atoms with Gasteiger partial charge in [-0.3, -0.25) is 0 Å². The smallest absolute Gasteiger partial charge is 0.339 e. The molecule has 24 heavy (non-hydrogen) atoms. The zero-order chi connectivity index (χ0) is 18.3. The van der Waals surface area contributed by atoms with Crippen molar-refractivity contribution < 1.29 is 19.4 Å². The number of carboxylic acid groups (broad SMARTS) is 1. The molecule has 0 heterocycles. The Bertz CT molecular complexity index is 588. The maximum absolute atomic E-state index is 12.3. The first kappa shape index (κ1) is 20.2. The maximum atomic E-state index is 12.3. The normalized spacial score (nSPS) is 10.9. The topological polar surface area (TPSA) is 63.6 Å². The van der Waals surface area contributed by atoms with Gasteiger partial charge < -0.3 is 9.84 Å². The van der Waals surface area contributed by atoms with Gasteiger partial charge in [-0.05, 0) is 61.3 Å². The van der Waals surface area contributed by atoms with E-state index in [-0.39, 0.29) is 17.7 Å². The SMILES string of the molecule is CCOC(=O)c1cc(CC)c(CC)c(CCCC(C)C)c1C(=O)O. The van der Waals surface area contributed by atoms with E-state index in [0.29, 0.717) is 12.3 Å². The van der Waals surface area contributed by atoms with Crippen molar-refractivity contribution in [2.24, 2.45) is 5.92 Å². The zero-order valence-corrected chi connectivity index (χ0v) is 15.6. The molecule has 0 aliphatic heterocycles. The fraction of sp³-hybridized carbons (Fsp3) is 0.600. The third kappa shape index (κ3) is 4.83. The van der Waals surface area contributed by atoms with Crippen LogP contribution < -0.4 is 0 Å². The molecule has 0 aliphatic carbocycles. The second-order valence-corrected chi connectivity index (χ2v) is 6.43. The number of carboxylic acids is 1. The molecule has 0 saturated carbocycles. The van der Waals surface area contributed by atoms with Crippen LogP contribution >= 0.6 is 0 Å². The third-order valence-corrected chi connectivity index (χ3v) is 4.29. The molecule has 0 amide bonds. The summed E-state index contributed by atoms with van der Waals surface area (Å²) in [6.07, 6.45) is 4.17. The van der Waals surface area contributed by atoms with Crippen molar-refractivity contribution in [1.29, 1.82) is 0 Å². The minimum absolute atomic E-state index is 0.131. The van der Waals surface area contributed by atoms with Crippen LogP contribution in [0.3, 0.4) is 0 Å². The monoisotopic (exact) mass is 334 g/mol. The van der Waals surface area contributed by atoms with Gasteiger partial charge in [0, 0.05) is 0 Å². The van der Waals surface area contributed by atoms with Crippen molar-refractivity contribution in [3.8, 4) is 0 Å². The number of carbonyl (C=O) groups excluding carboxylic acids is 1. The molecule has 0 aliphatic rings. The van der Waals surface area contributed by atoms with Gasteiger partial charge in [0.2, 0.25) is 0 Å². The summed E-state index contributed by atoms with van der Waals surface area (Å²) in [6.45, 7) is 10.3. The minimum Gasteiger partial charge on any atom is -0.478 e. The lowest BCUT2D eigenvalue weighted by molar-refractivity contribution is 0.0514. The van der Waals surface area contributed by atoms with Gasteiger partial charge in [0.25, 0.3) is 0 Å². The van der Waals surface area contributed by atoms with Crippen LogP contribution in [-0.4, -0.2) is 23.7 Å². The van der Waals surface area contributed by atoms with E-state index in [9.17, 15) is 14.7 Å². The summed E-state index contributed by atoms with van der Waals surface area (Å²) in [5.41, 5.74) is 3.26. The average Bonchev–Trinajstić information content (AvgIpc) is 2.52. The minimum atomic E-state index is -1.05. The largest absolute Gasteiger partial charge is 0.478 e. The highest BCUT2D eigenvalue weighted by Gasteiger charge is 2.25. The van der Waals surface area contributed by atoms with Gasteiger partial charge in [-0.1, -0.05) is 34.1 Å². The molecule has 0 unspecified atom stereocenters. The highest BCUT2D eigenvalue weighted by atomic mass is 16.5. The average molecular weight is 334 g/mol. The number of hydrogen-bond donors (Lipinski definition) is 1. The van der Waals surface area contributed by atoms with E-state index in [0.717, 1.165) is 42.4 Å². The van der Waals surface area contributed by atoms with Crippen LogP contribution in [0.1, 0.15) is 84.9 Å². The molecule has 1 rings (SSSR count). The van der Waals surface area contributed by atoms with Crippen LogP contribution in [0.15, 0.2) is 6.07 Å².